The standard InChI is InChI=1S/C19H20ClN7S/c1-2-12-15(20)14-16(8-5-9(21)6-8)24-19(25-18(14)23-12)28-10-3-4-11-13(7-10)26-27-17(11)22/h3-4,7-9H,2,5-6,21H2,1H3,(H3,22,26,27)(H,23,24,25). The van der Waals surface area contributed by atoms with Crippen LogP contribution in [0.1, 0.15) is 37.1 Å². The molecule has 0 atom stereocenters. The van der Waals surface area contributed by atoms with Gasteiger partial charge in [-0.2, -0.15) is 5.10 Å². The predicted molar refractivity (Wildman–Crippen MR) is 113 cm³/mol. The van der Waals surface area contributed by atoms with Crippen molar-refractivity contribution >= 4 is 51.1 Å². The molecule has 0 unspecified atom stereocenters. The van der Waals surface area contributed by atoms with Gasteiger partial charge in [-0.1, -0.05) is 18.5 Å². The maximum atomic E-state index is 6.63. The van der Waals surface area contributed by atoms with Crippen molar-refractivity contribution in [1.29, 1.82) is 0 Å². The number of anilines is 1. The monoisotopic (exact) mass is 413 g/mol. The Kier molecular flexibility index (Phi) is 4.22. The fourth-order valence-corrected chi connectivity index (χ4v) is 4.94. The van der Waals surface area contributed by atoms with Crippen LogP contribution in [0.2, 0.25) is 5.02 Å². The first-order valence-electron chi connectivity index (χ1n) is 9.28. The van der Waals surface area contributed by atoms with Crippen LogP contribution in [0.5, 0.6) is 0 Å². The Morgan fingerprint density at radius 2 is 2.11 bits per heavy atom. The molecule has 0 aliphatic heterocycles. The average molecular weight is 414 g/mol. The molecule has 7 nitrogen and oxygen atoms in total. The number of benzene rings is 1. The van der Waals surface area contributed by atoms with Gasteiger partial charge in [0.25, 0.3) is 0 Å². The summed E-state index contributed by atoms with van der Waals surface area (Å²) in [5.74, 6) is 0.827. The van der Waals surface area contributed by atoms with Crippen molar-refractivity contribution in [3.05, 3.63) is 34.6 Å². The van der Waals surface area contributed by atoms with Gasteiger partial charge in [0.2, 0.25) is 0 Å². The Hall–Kier alpha value is -2.29. The second-order valence-corrected chi connectivity index (χ2v) is 8.65. The number of nitrogen functional groups attached to an aromatic ring is 1. The molecule has 1 fully saturated rings. The predicted octanol–water partition coefficient (Wildman–Crippen LogP) is 3.99. The van der Waals surface area contributed by atoms with Crippen LogP contribution in [0.15, 0.2) is 28.3 Å². The normalized spacial score (nSPS) is 19.4. The van der Waals surface area contributed by atoms with E-state index in [1.807, 2.05) is 18.2 Å². The Morgan fingerprint density at radius 3 is 2.86 bits per heavy atom. The van der Waals surface area contributed by atoms with E-state index in [1.54, 1.807) is 0 Å². The molecule has 0 radical (unpaired) electrons. The number of aryl methyl sites for hydroxylation is 1. The summed E-state index contributed by atoms with van der Waals surface area (Å²) in [6.07, 6.45) is 2.68. The lowest BCUT2D eigenvalue weighted by molar-refractivity contribution is 0.346. The number of fused-ring (bicyclic) bond motifs is 2. The van der Waals surface area contributed by atoms with E-state index in [2.05, 4.69) is 22.1 Å². The number of hydrogen-bond donors (Lipinski definition) is 4. The van der Waals surface area contributed by atoms with Crippen LogP contribution in [0.4, 0.5) is 5.82 Å². The Balaban J connectivity index is 1.58. The van der Waals surface area contributed by atoms with Crippen molar-refractivity contribution in [2.45, 2.75) is 48.2 Å². The van der Waals surface area contributed by atoms with Crippen molar-refractivity contribution in [2.24, 2.45) is 5.73 Å². The van der Waals surface area contributed by atoms with Crippen LogP contribution in [0.25, 0.3) is 21.9 Å². The molecule has 5 rings (SSSR count). The smallest absolute Gasteiger partial charge is 0.194 e. The van der Waals surface area contributed by atoms with Gasteiger partial charge in [0.1, 0.15) is 5.65 Å². The van der Waals surface area contributed by atoms with E-state index in [1.165, 1.54) is 11.8 Å². The van der Waals surface area contributed by atoms with Gasteiger partial charge in [0, 0.05) is 27.9 Å². The molecule has 144 valence electrons. The van der Waals surface area contributed by atoms with Crippen LogP contribution < -0.4 is 11.5 Å². The molecule has 1 aromatic carbocycles. The zero-order chi connectivity index (χ0) is 19.4. The Labute approximate surface area is 170 Å². The highest BCUT2D eigenvalue weighted by Gasteiger charge is 2.32. The van der Waals surface area contributed by atoms with Crippen LogP contribution in [-0.4, -0.2) is 31.2 Å². The molecular weight excluding hydrogens is 394 g/mol. The summed E-state index contributed by atoms with van der Waals surface area (Å²) in [6.45, 7) is 2.07. The van der Waals surface area contributed by atoms with Gasteiger partial charge in [-0.3, -0.25) is 5.10 Å². The largest absolute Gasteiger partial charge is 0.382 e. The fourth-order valence-electron chi connectivity index (χ4n) is 3.77. The molecule has 28 heavy (non-hydrogen) atoms. The first-order valence-corrected chi connectivity index (χ1v) is 10.5. The van der Waals surface area contributed by atoms with E-state index in [0.29, 0.717) is 16.9 Å². The number of H-pyrrole nitrogens is 2. The van der Waals surface area contributed by atoms with Crippen molar-refractivity contribution in [3.8, 4) is 0 Å². The van der Waals surface area contributed by atoms with E-state index in [-0.39, 0.29) is 6.04 Å². The molecule has 3 heterocycles. The quantitative estimate of drug-likeness (QED) is 0.375. The van der Waals surface area contributed by atoms with Crippen LogP contribution >= 0.6 is 23.4 Å². The number of nitrogens with one attached hydrogen (secondary N) is 2. The Bertz CT molecular complexity index is 1190. The van der Waals surface area contributed by atoms with Gasteiger partial charge in [0.05, 0.1) is 21.6 Å². The molecule has 0 bridgehead atoms. The van der Waals surface area contributed by atoms with Crippen LogP contribution in [-0.2, 0) is 6.42 Å². The summed E-state index contributed by atoms with van der Waals surface area (Å²) in [7, 11) is 0. The second-order valence-electron chi connectivity index (χ2n) is 7.23. The number of rotatable bonds is 4. The minimum absolute atomic E-state index is 0.239. The number of hydrogen-bond acceptors (Lipinski definition) is 6. The van der Waals surface area contributed by atoms with E-state index in [4.69, 9.17) is 33.0 Å². The van der Waals surface area contributed by atoms with Gasteiger partial charge >= 0.3 is 0 Å². The van der Waals surface area contributed by atoms with Crippen LogP contribution in [0, 0.1) is 0 Å². The van der Waals surface area contributed by atoms with Gasteiger partial charge < -0.3 is 16.5 Å². The number of nitrogens with zero attached hydrogens (tertiary/aromatic N) is 3. The maximum absolute atomic E-state index is 6.63. The van der Waals surface area contributed by atoms with Crippen molar-refractivity contribution < 1.29 is 0 Å². The molecule has 0 amide bonds. The van der Waals surface area contributed by atoms with Crippen molar-refractivity contribution in [3.63, 3.8) is 0 Å². The van der Waals surface area contributed by atoms with Gasteiger partial charge in [0.15, 0.2) is 11.0 Å². The molecule has 1 saturated carbocycles. The number of aromatic nitrogens is 5. The van der Waals surface area contributed by atoms with E-state index in [0.717, 1.165) is 62.5 Å². The summed E-state index contributed by atoms with van der Waals surface area (Å²) in [5, 5.41) is 10.3. The minimum atomic E-state index is 0.239. The topological polar surface area (TPSA) is 122 Å². The van der Waals surface area contributed by atoms with Crippen LogP contribution in [0.3, 0.4) is 0 Å². The maximum Gasteiger partial charge on any atom is 0.194 e. The lowest BCUT2D eigenvalue weighted by Gasteiger charge is -2.32. The lowest BCUT2D eigenvalue weighted by Crippen LogP contribution is -2.35. The molecule has 3 aromatic heterocycles. The molecule has 9 heteroatoms. The molecule has 6 N–H and O–H groups in total. The first-order chi connectivity index (χ1) is 13.5. The zero-order valence-electron chi connectivity index (χ0n) is 15.3. The van der Waals surface area contributed by atoms with E-state index < -0.39 is 0 Å². The van der Waals surface area contributed by atoms with E-state index >= 15 is 0 Å². The Morgan fingerprint density at radius 1 is 1.29 bits per heavy atom. The summed E-state index contributed by atoms with van der Waals surface area (Å²) in [4.78, 5) is 14.0. The highest BCUT2D eigenvalue weighted by molar-refractivity contribution is 7.99. The molecular formula is C19H20ClN7S. The first kappa shape index (κ1) is 17.8. The number of nitrogens with two attached hydrogens (primary N) is 2. The zero-order valence-corrected chi connectivity index (χ0v) is 16.9. The molecule has 4 aromatic rings. The SMILES string of the molecule is CCc1[nH]c2nc(Sc3ccc4c(N)n[nH]c4c3)nc(C3CC(N)C3)c2c1Cl. The lowest BCUT2D eigenvalue weighted by atomic mass is 9.78. The number of halogens is 1. The molecule has 0 spiro atoms. The summed E-state index contributed by atoms with van der Waals surface area (Å²) in [5.41, 5.74) is 15.6. The third kappa shape index (κ3) is 2.83. The highest BCUT2D eigenvalue weighted by atomic mass is 35.5. The number of aromatic amines is 2. The molecule has 1 aliphatic rings. The third-order valence-corrected chi connectivity index (χ3v) is 6.63. The van der Waals surface area contributed by atoms with Crippen molar-refractivity contribution in [1.82, 2.24) is 25.1 Å². The van der Waals surface area contributed by atoms with Gasteiger partial charge in [-0.15, -0.1) is 0 Å². The second kappa shape index (κ2) is 6.65. The van der Waals surface area contributed by atoms with Gasteiger partial charge in [-0.25, -0.2) is 9.97 Å². The summed E-state index contributed by atoms with van der Waals surface area (Å²) < 4.78 is 0. The molecule has 1 aliphatic carbocycles. The fraction of sp³-hybridized carbons (Fsp3) is 0.316. The highest BCUT2D eigenvalue weighted by Crippen LogP contribution is 2.42. The van der Waals surface area contributed by atoms with E-state index in [9.17, 15) is 0 Å². The third-order valence-electron chi connectivity index (χ3n) is 5.36. The van der Waals surface area contributed by atoms with Crippen molar-refractivity contribution in [2.75, 3.05) is 5.73 Å². The molecule has 0 saturated heterocycles. The average Bonchev–Trinajstić information content (AvgIpc) is 3.18. The summed E-state index contributed by atoms with van der Waals surface area (Å²) >= 11 is 8.14. The summed E-state index contributed by atoms with van der Waals surface area (Å²) in [6, 6.07) is 6.21. The minimum Gasteiger partial charge on any atom is -0.382 e. The van der Waals surface area contributed by atoms with Gasteiger partial charge in [-0.05, 0) is 49.2 Å².